The quantitative estimate of drug-likeness (QED) is 0.700. The van der Waals surface area contributed by atoms with Crippen LogP contribution in [0.25, 0.3) is 0 Å². The van der Waals surface area contributed by atoms with E-state index in [1.807, 2.05) is 11.6 Å². The molecule has 0 aromatic heterocycles. The number of nitrogen functional groups attached to an aromatic ring is 1. The van der Waals surface area contributed by atoms with Crippen molar-refractivity contribution in [2.75, 3.05) is 16.6 Å². The molecule has 0 saturated carbocycles. The fourth-order valence-corrected chi connectivity index (χ4v) is 4.20. The number of anilines is 2. The zero-order valence-corrected chi connectivity index (χ0v) is 14.9. The highest BCUT2D eigenvalue weighted by Crippen LogP contribution is 2.33. The van der Waals surface area contributed by atoms with E-state index in [2.05, 4.69) is 0 Å². The summed E-state index contributed by atoms with van der Waals surface area (Å²) in [6.45, 7) is 1.49. The number of nitrogens with one attached hydrogen (secondary N) is 1. The maximum absolute atomic E-state index is 11.9. The zero-order valence-electron chi connectivity index (χ0n) is 13.3. The highest BCUT2D eigenvalue weighted by atomic mass is 35.5. The third-order valence-corrected chi connectivity index (χ3v) is 5.57. The number of halogens is 1. The predicted molar refractivity (Wildman–Crippen MR) is 95.9 cm³/mol. The molecule has 0 aliphatic carbocycles. The summed E-state index contributed by atoms with van der Waals surface area (Å²) < 4.78 is 26.4. The van der Waals surface area contributed by atoms with Gasteiger partial charge in [0, 0.05) is 10.7 Å². The van der Waals surface area contributed by atoms with E-state index in [1.165, 1.54) is 12.1 Å². The number of phenolic OH excluding ortho intramolecular Hbond substituents is 1. The summed E-state index contributed by atoms with van der Waals surface area (Å²) in [7, 11) is -3.97. The minimum atomic E-state index is -3.97. The highest BCUT2D eigenvalue weighted by Gasteiger charge is 2.35. The molecule has 0 unspecified atom stereocenters. The van der Waals surface area contributed by atoms with E-state index < -0.39 is 16.1 Å². The topological polar surface area (TPSA) is 113 Å². The van der Waals surface area contributed by atoms with Gasteiger partial charge in [-0.1, -0.05) is 17.7 Å². The molecule has 7 nitrogen and oxygen atoms in total. The van der Waals surface area contributed by atoms with Crippen LogP contribution >= 0.6 is 11.6 Å². The Kier molecular flexibility index (Phi) is 4.26. The molecule has 3 rings (SSSR count). The van der Waals surface area contributed by atoms with Crippen molar-refractivity contribution in [3.8, 4) is 5.75 Å². The van der Waals surface area contributed by atoms with Gasteiger partial charge < -0.3 is 10.8 Å². The van der Waals surface area contributed by atoms with E-state index in [-0.39, 0.29) is 18.0 Å². The van der Waals surface area contributed by atoms with E-state index in [4.69, 9.17) is 17.3 Å². The monoisotopic (exact) mass is 381 g/mol. The molecule has 9 heteroatoms. The summed E-state index contributed by atoms with van der Waals surface area (Å²) in [6, 6.07) is 8.09. The van der Waals surface area contributed by atoms with Crippen LogP contribution < -0.4 is 14.8 Å². The molecule has 1 heterocycles. The van der Waals surface area contributed by atoms with Gasteiger partial charge in [0.15, 0.2) is 0 Å². The standard InChI is InChI=1S/C16H16ClN3O4S/c1-9-4-12(17)7-11(16(9)18)5-10-2-3-13(14(21)6-10)20-8-15(22)19-25(20,23)24/h2-4,6-7,21H,5,8,18H2,1H3,(H,19,22). The van der Waals surface area contributed by atoms with E-state index in [9.17, 15) is 18.3 Å². The fourth-order valence-electron chi connectivity index (χ4n) is 2.74. The third kappa shape index (κ3) is 3.35. The van der Waals surface area contributed by atoms with Crippen molar-refractivity contribution in [3.05, 3.63) is 52.0 Å². The predicted octanol–water partition coefficient (Wildman–Crippen LogP) is 1.71. The largest absolute Gasteiger partial charge is 0.506 e. The highest BCUT2D eigenvalue weighted by molar-refractivity contribution is 7.92. The van der Waals surface area contributed by atoms with E-state index >= 15 is 0 Å². The molecule has 0 spiro atoms. The molecule has 25 heavy (non-hydrogen) atoms. The molecule has 4 N–H and O–H groups in total. The Morgan fingerprint density at radius 2 is 2.04 bits per heavy atom. The Hall–Kier alpha value is -2.45. The lowest BCUT2D eigenvalue weighted by Crippen LogP contribution is -2.29. The molecule has 0 bridgehead atoms. The fraction of sp³-hybridized carbons (Fsp3) is 0.188. The second kappa shape index (κ2) is 6.12. The van der Waals surface area contributed by atoms with Gasteiger partial charge in [0.1, 0.15) is 12.3 Å². The minimum Gasteiger partial charge on any atom is -0.506 e. The molecule has 2 aromatic rings. The van der Waals surface area contributed by atoms with Crippen LogP contribution in [0, 0.1) is 6.92 Å². The molecular weight excluding hydrogens is 366 g/mol. The first-order valence-corrected chi connectivity index (χ1v) is 9.19. The summed E-state index contributed by atoms with van der Waals surface area (Å²) in [4.78, 5) is 11.3. The van der Waals surface area contributed by atoms with Crippen molar-refractivity contribution in [1.82, 2.24) is 4.72 Å². The summed E-state index contributed by atoms with van der Waals surface area (Å²) in [5.74, 6) is -0.888. The number of phenols is 1. The lowest BCUT2D eigenvalue weighted by atomic mass is 10.0. The number of benzene rings is 2. The molecular formula is C16H16ClN3O4S. The number of hydrogen-bond donors (Lipinski definition) is 3. The van der Waals surface area contributed by atoms with E-state index in [1.54, 1.807) is 18.2 Å². The Labute approximate surface area is 150 Å². The lowest BCUT2D eigenvalue weighted by molar-refractivity contribution is -0.117. The van der Waals surface area contributed by atoms with Gasteiger partial charge in [-0.2, -0.15) is 8.42 Å². The van der Waals surface area contributed by atoms with Crippen LogP contribution in [0.5, 0.6) is 5.75 Å². The normalized spacial score (nSPS) is 16.1. The Morgan fingerprint density at radius 3 is 2.64 bits per heavy atom. The van der Waals surface area contributed by atoms with E-state index in [0.717, 1.165) is 21.0 Å². The number of rotatable bonds is 3. The number of carbonyl (C=O) groups excluding carboxylic acids is 1. The van der Waals surface area contributed by atoms with Crippen LogP contribution in [0.3, 0.4) is 0 Å². The second-order valence-corrected chi connectivity index (χ2v) is 7.86. The molecule has 132 valence electrons. The van der Waals surface area contributed by atoms with Crippen LogP contribution in [-0.2, 0) is 21.4 Å². The Morgan fingerprint density at radius 1 is 1.32 bits per heavy atom. The summed E-state index contributed by atoms with van der Waals surface area (Å²) in [5, 5.41) is 10.8. The van der Waals surface area contributed by atoms with Crippen LogP contribution in [-0.4, -0.2) is 26.0 Å². The molecule has 1 aliphatic heterocycles. The molecule has 1 saturated heterocycles. The van der Waals surface area contributed by atoms with Crippen molar-refractivity contribution in [3.63, 3.8) is 0 Å². The van der Waals surface area contributed by atoms with Crippen molar-refractivity contribution in [1.29, 1.82) is 0 Å². The van der Waals surface area contributed by atoms with Gasteiger partial charge >= 0.3 is 10.2 Å². The van der Waals surface area contributed by atoms with E-state index in [0.29, 0.717) is 17.1 Å². The molecule has 1 amide bonds. The lowest BCUT2D eigenvalue weighted by Gasteiger charge is -2.17. The van der Waals surface area contributed by atoms with Gasteiger partial charge in [-0.25, -0.2) is 9.03 Å². The SMILES string of the molecule is Cc1cc(Cl)cc(Cc2ccc(N3CC(=O)NS3(=O)=O)c(O)c2)c1N. The summed E-state index contributed by atoms with van der Waals surface area (Å²) >= 11 is 6.06. The van der Waals surface area contributed by atoms with Crippen molar-refractivity contribution in [2.24, 2.45) is 0 Å². The first-order valence-electron chi connectivity index (χ1n) is 7.37. The molecule has 2 aromatic carbocycles. The molecule has 0 atom stereocenters. The Bertz CT molecular complexity index is 976. The number of aromatic hydroxyl groups is 1. The van der Waals surface area contributed by atoms with Gasteiger partial charge in [-0.15, -0.1) is 0 Å². The van der Waals surface area contributed by atoms with Gasteiger partial charge in [0.05, 0.1) is 5.69 Å². The second-order valence-electron chi connectivity index (χ2n) is 5.83. The van der Waals surface area contributed by atoms with Crippen LogP contribution in [0.1, 0.15) is 16.7 Å². The number of nitrogens with zero attached hydrogens (tertiary/aromatic N) is 1. The first kappa shape index (κ1) is 17.4. The first-order chi connectivity index (χ1) is 11.7. The van der Waals surface area contributed by atoms with Crippen molar-refractivity contribution < 1.29 is 18.3 Å². The maximum atomic E-state index is 11.9. The zero-order chi connectivity index (χ0) is 18.4. The summed E-state index contributed by atoms with van der Waals surface area (Å²) in [6.07, 6.45) is 0.422. The maximum Gasteiger partial charge on any atom is 0.326 e. The average Bonchev–Trinajstić information content (AvgIpc) is 2.77. The summed E-state index contributed by atoms with van der Waals surface area (Å²) in [5.41, 5.74) is 9.11. The molecule has 0 radical (unpaired) electrons. The van der Waals surface area contributed by atoms with Gasteiger partial charge in [0.2, 0.25) is 0 Å². The van der Waals surface area contributed by atoms with Crippen LogP contribution in [0.4, 0.5) is 11.4 Å². The smallest absolute Gasteiger partial charge is 0.326 e. The number of aryl methyl sites for hydroxylation is 1. The number of nitrogens with two attached hydrogens (primary N) is 1. The Balaban J connectivity index is 1.92. The van der Waals surface area contributed by atoms with Gasteiger partial charge in [-0.3, -0.25) is 4.79 Å². The number of hydrogen-bond acceptors (Lipinski definition) is 5. The third-order valence-electron chi connectivity index (χ3n) is 3.96. The number of carbonyl (C=O) groups is 1. The van der Waals surface area contributed by atoms with Crippen molar-refractivity contribution >= 4 is 39.1 Å². The van der Waals surface area contributed by atoms with Gasteiger partial charge in [-0.05, 0) is 54.3 Å². The van der Waals surface area contributed by atoms with Crippen LogP contribution in [0.15, 0.2) is 30.3 Å². The molecule has 1 fully saturated rings. The minimum absolute atomic E-state index is 0.0392. The van der Waals surface area contributed by atoms with Gasteiger partial charge in [0.25, 0.3) is 5.91 Å². The van der Waals surface area contributed by atoms with Crippen molar-refractivity contribution in [2.45, 2.75) is 13.3 Å². The van der Waals surface area contributed by atoms with Crippen LogP contribution in [0.2, 0.25) is 5.02 Å². The number of amides is 1. The molecule has 1 aliphatic rings. The average molecular weight is 382 g/mol.